The van der Waals surface area contributed by atoms with Crippen molar-refractivity contribution >= 4 is 56.1 Å². The highest BCUT2D eigenvalue weighted by atomic mass is 79.9. The van der Waals surface area contributed by atoms with Crippen LogP contribution in [0.4, 0.5) is 0 Å². The third kappa shape index (κ3) is 3.88. The van der Waals surface area contributed by atoms with Crippen LogP contribution in [-0.2, 0) is 0 Å². The smallest absolute Gasteiger partial charge is 0.173 e. The van der Waals surface area contributed by atoms with E-state index in [1.54, 1.807) is 42.7 Å². The Labute approximate surface area is 147 Å². The van der Waals surface area contributed by atoms with Gasteiger partial charge >= 0.3 is 0 Å². The number of hydrogen-bond acceptors (Lipinski definition) is 5. The van der Waals surface area contributed by atoms with E-state index >= 15 is 0 Å². The Kier molecular flexibility index (Phi) is 5.99. The summed E-state index contributed by atoms with van der Waals surface area (Å²) in [6, 6.07) is 15.2. The molecule has 6 heteroatoms. The second kappa shape index (κ2) is 7.76. The van der Waals surface area contributed by atoms with E-state index in [2.05, 4.69) is 4.98 Å². The van der Waals surface area contributed by atoms with Gasteiger partial charge < -0.3 is 4.74 Å². The number of carbonyl (C=O) groups is 1. The number of nitrogens with zero attached hydrogens (tertiary/aromatic N) is 1. The molecule has 3 nitrogen and oxygen atoms in total. The highest BCUT2D eigenvalue weighted by Crippen LogP contribution is 2.29. The highest BCUT2D eigenvalue weighted by Gasteiger charge is 2.09. The summed E-state index contributed by atoms with van der Waals surface area (Å²) in [6.07, 6.45) is 0. The molecule has 0 unspecified atom stereocenters. The molecule has 0 amide bonds. The van der Waals surface area contributed by atoms with Crippen molar-refractivity contribution in [2.45, 2.75) is 4.34 Å². The Balaban J connectivity index is 0.00000176. The van der Waals surface area contributed by atoms with Gasteiger partial charge in [-0.15, -0.1) is 28.3 Å². The lowest BCUT2D eigenvalue weighted by Gasteiger charge is -2.02. The van der Waals surface area contributed by atoms with Crippen molar-refractivity contribution in [3.05, 3.63) is 54.1 Å². The quantitative estimate of drug-likeness (QED) is 0.456. The van der Waals surface area contributed by atoms with Crippen molar-refractivity contribution in [2.75, 3.05) is 12.9 Å². The van der Waals surface area contributed by atoms with Gasteiger partial charge in [0.2, 0.25) is 0 Å². The molecule has 1 aromatic heterocycles. The number of rotatable bonds is 5. The van der Waals surface area contributed by atoms with E-state index in [9.17, 15) is 4.79 Å². The van der Waals surface area contributed by atoms with Gasteiger partial charge in [-0.25, -0.2) is 4.98 Å². The molecule has 0 N–H and O–H groups in total. The van der Waals surface area contributed by atoms with Crippen LogP contribution in [0.25, 0.3) is 10.2 Å². The van der Waals surface area contributed by atoms with Gasteiger partial charge in [-0.05, 0) is 36.4 Å². The molecule has 0 saturated heterocycles. The first-order chi connectivity index (χ1) is 10.3. The molecule has 22 heavy (non-hydrogen) atoms. The maximum atomic E-state index is 12.1. The number of para-hydroxylation sites is 1. The molecule has 2 aromatic carbocycles. The Hall–Kier alpha value is -1.37. The molecule has 3 rings (SSSR count). The molecule has 0 atom stereocenters. The second-order valence-electron chi connectivity index (χ2n) is 4.39. The van der Waals surface area contributed by atoms with Gasteiger partial charge in [0.05, 0.1) is 23.1 Å². The molecule has 0 aliphatic carbocycles. The van der Waals surface area contributed by atoms with Crippen molar-refractivity contribution in [1.29, 1.82) is 0 Å². The zero-order valence-electron chi connectivity index (χ0n) is 11.8. The normalized spacial score (nSPS) is 10.2. The van der Waals surface area contributed by atoms with Crippen LogP contribution in [0.5, 0.6) is 5.75 Å². The minimum absolute atomic E-state index is 0. The zero-order valence-corrected chi connectivity index (χ0v) is 15.2. The van der Waals surface area contributed by atoms with Crippen molar-refractivity contribution in [3.63, 3.8) is 0 Å². The minimum atomic E-state index is 0. The van der Waals surface area contributed by atoms with Crippen LogP contribution in [0.1, 0.15) is 10.4 Å². The van der Waals surface area contributed by atoms with Crippen LogP contribution in [-0.4, -0.2) is 23.6 Å². The summed E-state index contributed by atoms with van der Waals surface area (Å²) in [5, 5.41) is 0. The van der Waals surface area contributed by atoms with Crippen LogP contribution in [0.3, 0.4) is 0 Å². The Bertz CT molecular complexity index is 738. The number of carbonyl (C=O) groups excluding carboxylic acids is 1. The first-order valence-corrected chi connectivity index (χ1v) is 8.22. The van der Waals surface area contributed by atoms with Crippen molar-refractivity contribution in [2.24, 2.45) is 0 Å². The van der Waals surface area contributed by atoms with E-state index in [0.29, 0.717) is 11.3 Å². The first kappa shape index (κ1) is 17.0. The second-order valence-corrected chi connectivity index (χ2v) is 6.64. The molecule has 0 aliphatic rings. The summed E-state index contributed by atoms with van der Waals surface area (Å²) in [5.41, 5.74) is 1.69. The number of benzene rings is 2. The average molecular weight is 396 g/mol. The summed E-state index contributed by atoms with van der Waals surface area (Å²) in [6.45, 7) is 0. The number of halogens is 1. The number of Topliss-reactive ketones (excluding diaryl/α,β-unsaturated/α-hetero) is 1. The predicted octanol–water partition coefficient (Wildman–Crippen LogP) is 4.86. The number of thioether (sulfide) groups is 1. The van der Waals surface area contributed by atoms with Gasteiger partial charge in [0.15, 0.2) is 10.1 Å². The SMILES string of the molecule is Br.COc1ccc(C(=O)CSc2nc3ccccc3s2)cc1. The fraction of sp³-hybridized carbons (Fsp3) is 0.125. The molecule has 0 spiro atoms. The van der Waals surface area contributed by atoms with Crippen molar-refractivity contribution < 1.29 is 9.53 Å². The first-order valence-electron chi connectivity index (χ1n) is 6.42. The predicted molar refractivity (Wildman–Crippen MR) is 98.0 cm³/mol. The molecule has 0 bridgehead atoms. The molecule has 1 heterocycles. The van der Waals surface area contributed by atoms with E-state index in [-0.39, 0.29) is 22.8 Å². The summed E-state index contributed by atoms with van der Waals surface area (Å²) in [5.74, 6) is 1.25. The van der Waals surface area contributed by atoms with Gasteiger partial charge in [0.1, 0.15) is 5.75 Å². The third-order valence-corrected chi connectivity index (χ3v) is 5.19. The zero-order chi connectivity index (χ0) is 14.7. The van der Waals surface area contributed by atoms with Crippen LogP contribution in [0.2, 0.25) is 0 Å². The third-order valence-electron chi connectivity index (χ3n) is 3.01. The Morgan fingerprint density at radius 3 is 2.59 bits per heavy atom. The summed E-state index contributed by atoms with van der Waals surface area (Å²) >= 11 is 3.11. The van der Waals surface area contributed by atoms with Crippen molar-refractivity contribution in [3.8, 4) is 5.75 Å². The van der Waals surface area contributed by atoms with Gasteiger partial charge in [0, 0.05) is 5.56 Å². The Morgan fingerprint density at radius 2 is 1.91 bits per heavy atom. The van der Waals surface area contributed by atoms with Crippen LogP contribution >= 0.6 is 40.1 Å². The molecule has 114 valence electrons. The van der Waals surface area contributed by atoms with Crippen LogP contribution in [0, 0.1) is 0 Å². The van der Waals surface area contributed by atoms with E-state index in [0.717, 1.165) is 20.3 Å². The topological polar surface area (TPSA) is 39.2 Å². The van der Waals surface area contributed by atoms with E-state index in [1.807, 2.05) is 24.3 Å². The Morgan fingerprint density at radius 1 is 1.18 bits per heavy atom. The number of hydrogen-bond donors (Lipinski definition) is 0. The van der Waals surface area contributed by atoms with Gasteiger partial charge in [-0.3, -0.25) is 4.79 Å². The molecule has 0 aliphatic heterocycles. The number of thiazole rings is 1. The molecule has 0 saturated carbocycles. The van der Waals surface area contributed by atoms with Gasteiger partial charge in [-0.1, -0.05) is 23.9 Å². The lowest BCUT2D eigenvalue weighted by molar-refractivity contribution is 0.102. The number of aromatic nitrogens is 1. The number of ether oxygens (including phenoxy) is 1. The fourth-order valence-electron chi connectivity index (χ4n) is 1.90. The van der Waals surface area contributed by atoms with Crippen LogP contribution in [0.15, 0.2) is 52.9 Å². The minimum Gasteiger partial charge on any atom is -0.497 e. The number of methoxy groups -OCH3 is 1. The lowest BCUT2D eigenvalue weighted by atomic mass is 10.1. The van der Waals surface area contributed by atoms with Gasteiger partial charge in [-0.2, -0.15) is 0 Å². The number of fused-ring (bicyclic) bond motifs is 1. The molecule has 3 aromatic rings. The van der Waals surface area contributed by atoms with E-state index in [4.69, 9.17) is 4.74 Å². The van der Waals surface area contributed by atoms with Gasteiger partial charge in [0.25, 0.3) is 0 Å². The summed E-state index contributed by atoms with van der Waals surface area (Å²) < 4.78 is 7.17. The molecule has 0 fully saturated rings. The van der Waals surface area contributed by atoms with E-state index in [1.165, 1.54) is 11.8 Å². The molecule has 0 radical (unpaired) electrons. The average Bonchev–Trinajstić information content (AvgIpc) is 2.95. The van der Waals surface area contributed by atoms with E-state index < -0.39 is 0 Å². The van der Waals surface area contributed by atoms with Crippen LogP contribution < -0.4 is 4.74 Å². The standard InChI is InChI=1S/C16H13NO2S2.BrH/c1-19-12-8-6-11(7-9-12)14(18)10-20-16-17-13-4-2-3-5-15(13)21-16;/h2-9H,10H2,1H3;1H. The lowest BCUT2D eigenvalue weighted by Crippen LogP contribution is -2.01. The van der Waals surface area contributed by atoms with Crippen molar-refractivity contribution in [1.82, 2.24) is 4.98 Å². The monoisotopic (exact) mass is 395 g/mol. The summed E-state index contributed by atoms with van der Waals surface area (Å²) in [4.78, 5) is 16.7. The molecular weight excluding hydrogens is 382 g/mol. The largest absolute Gasteiger partial charge is 0.497 e. The molecular formula is C16H14BrNO2S2. The maximum Gasteiger partial charge on any atom is 0.173 e. The number of ketones is 1. The summed E-state index contributed by atoms with van der Waals surface area (Å²) in [7, 11) is 1.61. The highest BCUT2D eigenvalue weighted by molar-refractivity contribution is 8.93. The maximum absolute atomic E-state index is 12.1. The fourth-order valence-corrected chi connectivity index (χ4v) is 3.86.